The number of aromatic nitrogens is 2. The van der Waals surface area contributed by atoms with E-state index in [-0.39, 0.29) is 0 Å². The van der Waals surface area contributed by atoms with Gasteiger partial charge in [0, 0.05) is 18.2 Å². The van der Waals surface area contributed by atoms with Crippen LogP contribution in [0.3, 0.4) is 0 Å². The summed E-state index contributed by atoms with van der Waals surface area (Å²) in [6.07, 6.45) is 9.51. The minimum Gasteiger partial charge on any atom is -0.493 e. The molecule has 0 bridgehead atoms. The van der Waals surface area contributed by atoms with Crippen molar-refractivity contribution < 1.29 is 9.47 Å². The van der Waals surface area contributed by atoms with Gasteiger partial charge in [-0.3, -0.25) is 4.98 Å². The number of hydrogen-bond donors (Lipinski definition) is 1. The van der Waals surface area contributed by atoms with Crippen molar-refractivity contribution in [2.75, 3.05) is 19.5 Å². The SMILES string of the molecule is COc1cc2ncc(NC3CCCCCC3)nc2cc1OC. The average Bonchev–Trinajstić information content (AvgIpc) is 2.82. The number of rotatable bonds is 4. The molecule has 1 heterocycles. The van der Waals surface area contributed by atoms with Crippen LogP contribution in [0.1, 0.15) is 38.5 Å². The molecule has 3 rings (SSSR count). The Balaban J connectivity index is 1.85. The molecular formula is C17H23N3O2. The first-order chi connectivity index (χ1) is 10.8. The van der Waals surface area contributed by atoms with Crippen molar-refractivity contribution in [2.24, 2.45) is 0 Å². The van der Waals surface area contributed by atoms with Gasteiger partial charge in [-0.05, 0) is 12.8 Å². The lowest BCUT2D eigenvalue weighted by Gasteiger charge is -2.17. The van der Waals surface area contributed by atoms with E-state index in [0.717, 1.165) is 16.9 Å². The van der Waals surface area contributed by atoms with Crippen LogP contribution in [0.4, 0.5) is 5.82 Å². The van der Waals surface area contributed by atoms with Crippen LogP contribution < -0.4 is 14.8 Å². The van der Waals surface area contributed by atoms with Crippen LogP contribution in [-0.2, 0) is 0 Å². The van der Waals surface area contributed by atoms with Gasteiger partial charge in [0.05, 0.1) is 31.4 Å². The van der Waals surface area contributed by atoms with E-state index in [0.29, 0.717) is 17.5 Å². The van der Waals surface area contributed by atoms with Crippen molar-refractivity contribution in [3.63, 3.8) is 0 Å². The Bertz CT molecular complexity index is 637. The second kappa shape index (κ2) is 6.81. The molecule has 1 aliphatic carbocycles. The third kappa shape index (κ3) is 3.24. The molecule has 1 N–H and O–H groups in total. The van der Waals surface area contributed by atoms with Crippen LogP contribution >= 0.6 is 0 Å². The summed E-state index contributed by atoms with van der Waals surface area (Å²) in [5, 5.41) is 3.53. The average molecular weight is 301 g/mol. The molecule has 0 atom stereocenters. The summed E-state index contributed by atoms with van der Waals surface area (Å²) in [4.78, 5) is 9.17. The Morgan fingerprint density at radius 2 is 1.59 bits per heavy atom. The fourth-order valence-corrected chi connectivity index (χ4v) is 3.04. The van der Waals surface area contributed by atoms with Gasteiger partial charge in [-0.25, -0.2) is 4.98 Å². The maximum absolute atomic E-state index is 5.34. The lowest BCUT2D eigenvalue weighted by Crippen LogP contribution is -2.19. The predicted molar refractivity (Wildman–Crippen MR) is 87.8 cm³/mol. The number of methoxy groups -OCH3 is 2. The lowest BCUT2D eigenvalue weighted by molar-refractivity contribution is 0.355. The minimum atomic E-state index is 0.509. The fraction of sp³-hybridized carbons (Fsp3) is 0.529. The third-order valence-electron chi connectivity index (χ3n) is 4.25. The normalized spacial score (nSPS) is 16.3. The minimum absolute atomic E-state index is 0.509. The Morgan fingerprint density at radius 3 is 2.23 bits per heavy atom. The fourth-order valence-electron chi connectivity index (χ4n) is 3.04. The molecule has 0 saturated heterocycles. The van der Waals surface area contributed by atoms with Crippen molar-refractivity contribution in [3.05, 3.63) is 18.3 Å². The summed E-state index contributed by atoms with van der Waals surface area (Å²) < 4.78 is 10.6. The molecule has 5 heteroatoms. The topological polar surface area (TPSA) is 56.3 Å². The molecule has 0 radical (unpaired) electrons. The molecule has 2 aromatic rings. The Labute approximate surface area is 131 Å². The van der Waals surface area contributed by atoms with E-state index in [4.69, 9.17) is 9.47 Å². The highest BCUT2D eigenvalue weighted by molar-refractivity contribution is 5.80. The van der Waals surface area contributed by atoms with Gasteiger partial charge in [0.25, 0.3) is 0 Å². The molecule has 1 aliphatic rings. The van der Waals surface area contributed by atoms with E-state index in [1.54, 1.807) is 20.4 Å². The zero-order chi connectivity index (χ0) is 15.4. The molecule has 0 aliphatic heterocycles. The maximum Gasteiger partial charge on any atom is 0.163 e. The van der Waals surface area contributed by atoms with Gasteiger partial charge in [0.15, 0.2) is 11.5 Å². The van der Waals surface area contributed by atoms with Crippen molar-refractivity contribution in [3.8, 4) is 11.5 Å². The van der Waals surface area contributed by atoms with E-state index in [2.05, 4.69) is 15.3 Å². The summed E-state index contributed by atoms with van der Waals surface area (Å²) in [6.45, 7) is 0. The molecule has 5 nitrogen and oxygen atoms in total. The summed E-state index contributed by atoms with van der Waals surface area (Å²) in [5.74, 6) is 2.19. The molecule has 1 aromatic carbocycles. The third-order valence-corrected chi connectivity index (χ3v) is 4.25. The van der Waals surface area contributed by atoms with Crippen molar-refractivity contribution in [1.29, 1.82) is 0 Å². The van der Waals surface area contributed by atoms with Crippen LogP contribution in [0.5, 0.6) is 11.5 Å². The molecule has 0 amide bonds. The molecule has 118 valence electrons. The van der Waals surface area contributed by atoms with Crippen LogP contribution in [0.15, 0.2) is 18.3 Å². The van der Waals surface area contributed by atoms with Crippen molar-refractivity contribution in [1.82, 2.24) is 9.97 Å². The largest absolute Gasteiger partial charge is 0.493 e. The smallest absolute Gasteiger partial charge is 0.163 e. The summed E-state index contributed by atoms with van der Waals surface area (Å²) in [6, 6.07) is 4.24. The number of nitrogens with zero attached hydrogens (tertiary/aromatic N) is 2. The molecule has 1 fully saturated rings. The Morgan fingerprint density at radius 1 is 0.955 bits per heavy atom. The van der Waals surface area contributed by atoms with Gasteiger partial charge < -0.3 is 14.8 Å². The van der Waals surface area contributed by atoms with Crippen LogP contribution in [0.25, 0.3) is 11.0 Å². The van der Waals surface area contributed by atoms with E-state index >= 15 is 0 Å². The number of fused-ring (bicyclic) bond motifs is 1. The summed E-state index contributed by atoms with van der Waals surface area (Å²) in [7, 11) is 3.25. The molecule has 1 aromatic heterocycles. The van der Waals surface area contributed by atoms with Gasteiger partial charge >= 0.3 is 0 Å². The molecule has 1 saturated carbocycles. The highest BCUT2D eigenvalue weighted by Crippen LogP contribution is 2.31. The van der Waals surface area contributed by atoms with Crippen LogP contribution in [-0.4, -0.2) is 30.2 Å². The first-order valence-electron chi connectivity index (χ1n) is 7.95. The number of anilines is 1. The second-order valence-corrected chi connectivity index (χ2v) is 5.78. The molecule has 22 heavy (non-hydrogen) atoms. The first kappa shape index (κ1) is 14.9. The Kier molecular flexibility index (Phi) is 4.61. The summed E-state index contributed by atoms with van der Waals surface area (Å²) >= 11 is 0. The van der Waals surface area contributed by atoms with E-state index < -0.39 is 0 Å². The quantitative estimate of drug-likeness (QED) is 0.871. The number of hydrogen-bond acceptors (Lipinski definition) is 5. The zero-order valence-corrected chi connectivity index (χ0v) is 13.3. The maximum atomic E-state index is 5.34. The van der Waals surface area contributed by atoms with Crippen molar-refractivity contribution >= 4 is 16.9 Å². The van der Waals surface area contributed by atoms with Gasteiger partial charge in [0.1, 0.15) is 5.82 Å². The summed E-state index contributed by atoms with van der Waals surface area (Å²) in [5.41, 5.74) is 1.63. The molecular weight excluding hydrogens is 278 g/mol. The number of benzene rings is 1. The van der Waals surface area contributed by atoms with Crippen LogP contribution in [0, 0.1) is 0 Å². The monoisotopic (exact) mass is 301 g/mol. The second-order valence-electron chi connectivity index (χ2n) is 5.78. The highest BCUT2D eigenvalue weighted by Gasteiger charge is 2.13. The lowest BCUT2D eigenvalue weighted by atomic mass is 10.1. The molecule has 0 unspecified atom stereocenters. The zero-order valence-electron chi connectivity index (χ0n) is 13.3. The Hall–Kier alpha value is -2.04. The van der Waals surface area contributed by atoms with E-state index in [9.17, 15) is 0 Å². The van der Waals surface area contributed by atoms with Crippen LogP contribution in [0.2, 0.25) is 0 Å². The van der Waals surface area contributed by atoms with Gasteiger partial charge in [0.2, 0.25) is 0 Å². The van der Waals surface area contributed by atoms with Crippen molar-refractivity contribution in [2.45, 2.75) is 44.6 Å². The van der Waals surface area contributed by atoms with Gasteiger partial charge in [-0.15, -0.1) is 0 Å². The van der Waals surface area contributed by atoms with Gasteiger partial charge in [-0.2, -0.15) is 0 Å². The van der Waals surface area contributed by atoms with E-state index in [1.165, 1.54) is 38.5 Å². The standard InChI is InChI=1S/C17H23N3O2/c1-21-15-9-13-14(10-16(15)22-2)20-17(11-18-13)19-12-7-5-3-4-6-8-12/h9-12H,3-8H2,1-2H3,(H,19,20). The predicted octanol–water partition coefficient (Wildman–Crippen LogP) is 3.78. The molecule has 0 spiro atoms. The van der Waals surface area contributed by atoms with Gasteiger partial charge in [-0.1, -0.05) is 25.7 Å². The number of ether oxygens (including phenoxy) is 2. The first-order valence-corrected chi connectivity index (χ1v) is 7.95. The number of nitrogens with one attached hydrogen (secondary N) is 1. The van der Waals surface area contributed by atoms with E-state index in [1.807, 2.05) is 12.1 Å². The highest BCUT2D eigenvalue weighted by atomic mass is 16.5.